The molecule has 2 aromatic rings. The lowest BCUT2D eigenvalue weighted by Gasteiger charge is -2.29. The van der Waals surface area contributed by atoms with E-state index in [0.717, 1.165) is 60.7 Å². The first-order chi connectivity index (χ1) is 15.1. The van der Waals surface area contributed by atoms with Crippen molar-refractivity contribution >= 4 is 23.2 Å². The fourth-order valence-corrected chi connectivity index (χ4v) is 5.78. The zero-order chi connectivity index (χ0) is 21.4. The molecule has 7 heteroatoms. The monoisotopic (exact) mass is 440 g/mol. The first-order valence-electron chi connectivity index (χ1n) is 11.1. The van der Waals surface area contributed by atoms with Gasteiger partial charge in [0, 0.05) is 30.4 Å². The van der Waals surface area contributed by atoms with E-state index in [4.69, 9.17) is 9.47 Å². The van der Waals surface area contributed by atoms with E-state index in [1.165, 1.54) is 10.4 Å². The number of nitrogens with zero attached hydrogens (tertiary/aromatic N) is 1. The summed E-state index contributed by atoms with van der Waals surface area (Å²) in [6.07, 6.45) is 4.58. The molecule has 1 aliphatic carbocycles. The second-order valence-corrected chi connectivity index (χ2v) is 10.0. The number of amides is 2. The fourth-order valence-electron chi connectivity index (χ4n) is 4.60. The lowest BCUT2D eigenvalue weighted by molar-refractivity contribution is -0.125. The van der Waals surface area contributed by atoms with Gasteiger partial charge in [-0.2, -0.15) is 0 Å². The van der Waals surface area contributed by atoms with Crippen molar-refractivity contribution in [2.45, 2.75) is 45.6 Å². The number of carbonyl (C=O) groups excluding carboxylic acids is 2. The number of likely N-dealkylation sites (tertiary alicyclic amines) is 1. The Morgan fingerprint density at radius 3 is 2.77 bits per heavy atom. The van der Waals surface area contributed by atoms with Crippen LogP contribution in [0.4, 0.5) is 0 Å². The molecule has 31 heavy (non-hydrogen) atoms. The van der Waals surface area contributed by atoms with E-state index in [0.29, 0.717) is 18.9 Å². The summed E-state index contributed by atoms with van der Waals surface area (Å²) >= 11 is 1.62. The fraction of sp³-hybridized carbons (Fsp3) is 0.500. The molecule has 0 bridgehead atoms. The average Bonchev–Trinajstić information content (AvgIpc) is 3.43. The van der Waals surface area contributed by atoms with Crippen molar-refractivity contribution < 1.29 is 19.1 Å². The standard InChI is InChI=1S/C24H28N2O4S/c1-15-6-8-26(9-7-15)24(28)22-12-18-11-17(3-5-21(18)31-22)23(27)25-13-16-2-4-19-20(10-16)30-14-29-19/h2,4,10,12,15,17H,3,5-9,11,13-14H2,1H3,(H,25,27). The van der Waals surface area contributed by atoms with Gasteiger partial charge in [-0.05, 0) is 67.3 Å². The Morgan fingerprint density at radius 1 is 1.13 bits per heavy atom. The number of hydrogen-bond donors (Lipinski definition) is 1. The normalized spacial score (nSPS) is 20.4. The van der Waals surface area contributed by atoms with Crippen molar-refractivity contribution in [2.75, 3.05) is 19.9 Å². The Labute approximate surface area is 186 Å². The van der Waals surface area contributed by atoms with Crippen LogP contribution in [0.3, 0.4) is 0 Å². The number of nitrogens with one attached hydrogen (secondary N) is 1. The highest BCUT2D eigenvalue weighted by molar-refractivity contribution is 7.14. The highest BCUT2D eigenvalue weighted by atomic mass is 32.1. The number of carbonyl (C=O) groups is 2. The highest BCUT2D eigenvalue weighted by Gasteiger charge is 2.29. The quantitative estimate of drug-likeness (QED) is 0.786. The Hall–Kier alpha value is -2.54. The number of rotatable bonds is 4. The van der Waals surface area contributed by atoms with Gasteiger partial charge in [-0.25, -0.2) is 0 Å². The number of fused-ring (bicyclic) bond motifs is 2. The Balaban J connectivity index is 1.18. The number of hydrogen-bond acceptors (Lipinski definition) is 5. The van der Waals surface area contributed by atoms with E-state index in [9.17, 15) is 9.59 Å². The zero-order valence-electron chi connectivity index (χ0n) is 17.8. The van der Waals surface area contributed by atoms with Gasteiger partial charge in [0.1, 0.15) is 0 Å². The highest BCUT2D eigenvalue weighted by Crippen LogP contribution is 2.34. The van der Waals surface area contributed by atoms with Crippen LogP contribution in [0, 0.1) is 11.8 Å². The Morgan fingerprint density at radius 2 is 1.94 bits per heavy atom. The van der Waals surface area contributed by atoms with Crippen LogP contribution >= 0.6 is 11.3 Å². The molecule has 164 valence electrons. The Kier molecular flexibility index (Phi) is 5.61. The third-order valence-electron chi connectivity index (χ3n) is 6.64. The SMILES string of the molecule is CC1CCN(C(=O)c2cc3c(s2)CCC(C(=O)NCc2ccc4c(c2)OCO4)C3)CC1. The molecule has 5 rings (SSSR count). The summed E-state index contributed by atoms with van der Waals surface area (Å²) in [5.41, 5.74) is 2.17. The molecule has 2 aliphatic heterocycles. The number of thiophene rings is 1. The molecule has 0 radical (unpaired) electrons. The third-order valence-corrected chi connectivity index (χ3v) is 7.86. The smallest absolute Gasteiger partial charge is 0.263 e. The van der Waals surface area contributed by atoms with Crippen LogP contribution in [-0.4, -0.2) is 36.6 Å². The topological polar surface area (TPSA) is 67.9 Å². The second-order valence-electron chi connectivity index (χ2n) is 8.88. The minimum absolute atomic E-state index is 0.0464. The van der Waals surface area contributed by atoms with Crippen LogP contribution in [0.25, 0.3) is 0 Å². The van der Waals surface area contributed by atoms with E-state index >= 15 is 0 Å². The van der Waals surface area contributed by atoms with Crippen molar-refractivity contribution in [3.63, 3.8) is 0 Å². The molecule has 1 aromatic heterocycles. The molecule has 1 atom stereocenters. The lowest BCUT2D eigenvalue weighted by atomic mass is 9.87. The van der Waals surface area contributed by atoms with Gasteiger partial charge in [0.05, 0.1) is 4.88 Å². The van der Waals surface area contributed by atoms with Crippen molar-refractivity contribution in [3.05, 3.63) is 45.1 Å². The summed E-state index contributed by atoms with van der Waals surface area (Å²) < 4.78 is 10.7. The van der Waals surface area contributed by atoms with Gasteiger partial charge in [-0.1, -0.05) is 13.0 Å². The van der Waals surface area contributed by atoms with Crippen molar-refractivity contribution in [2.24, 2.45) is 11.8 Å². The summed E-state index contributed by atoms with van der Waals surface area (Å²) in [5, 5.41) is 3.07. The van der Waals surface area contributed by atoms with Gasteiger partial charge in [0.2, 0.25) is 12.7 Å². The maximum absolute atomic E-state index is 12.9. The molecule has 0 spiro atoms. The van der Waals surface area contributed by atoms with Gasteiger partial charge >= 0.3 is 0 Å². The summed E-state index contributed by atoms with van der Waals surface area (Å²) in [6.45, 7) is 4.68. The Bertz CT molecular complexity index is 993. The van der Waals surface area contributed by atoms with Crippen LogP contribution < -0.4 is 14.8 Å². The largest absolute Gasteiger partial charge is 0.454 e. The number of aryl methyl sites for hydroxylation is 1. The first kappa shape index (κ1) is 20.4. The molecule has 1 fully saturated rings. The van der Waals surface area contributed by atoms with Gasteiger partial charge < -0.3 is 19.7 Å². The third kappa shape index (κ3) is 4.28. The molecular weight excluding hydrogens is 412 g/mol. The first-order valence-corrected chi connectivity index (χ1v) is 12.0. The molecule has 0 saturated carbocycles. The summed E-state index contributed by atoms with van der Waals surface area (Å²) in [4.78, 5) is 29.8. The predicted octanol–water partition coefficient (Wildman–Crippen LogP) is 3.77. The molecule has 3 heterocycles. The summed E-state index contributed by atoms with van der Waals surface area (Å²) in [7, 11) is 0. The zero-order valence-corrected chi connectivity index (χ0v) is 18.6. The van der Waals surface area contributed by atoms with Crippen molar-refractivity contribution in [1.29, 1.82) is 0 Å². The van der Waals surface area contributed by atoms with Gasteiger partial charge in [-0.3, -0.25) is 9.59 Å². The molecule has 3 aliphatic rings. The van der Waals surface area contributed by atoms with Crippen LogP contribution in [0.15, 0.2) is 24.3 Å². The van der Waals surface area contributed by atoms with Crippen molar-refractivity contribution in [1.82, 2.24) is 10.2 Å². The summed E-state index contributed by atoms with van der Waals surface area (Å²) in [6, 6.07) is 7.78. The minimum atomic E-state index is -0.0464. The molecule has 1 aromatic carbocycles. The van der Waals surface area contributed by atoms with Crippen molar-refractivity contribution in [3.8, 4) is 11.5 Å². The van der Waals surface area contributed by atoms with Gasteiger partial charge in [0.15, 0.2) is 11.5 Å². The van der Waals surface area contributed by atoms with Crippen LogP contribution in [0.1, 0.15) is 51.9 Å². The number of piperidine rings is 1. The molecule has 2 amide bonds. The molecule has 1 N–H and O–H groups in total. The average molecular weight is 441 g/mol. The van der Waals surface area contributed by atoms with E-state index in [1.54, 1.807) is 11.3 Å². The minimum Gasteiger partial charge on any atom is -0.454 e. The summed E-state index contributed by atoms with van der Waals surface area (Å²) in [5.74, 6) is 2.37. The number of ether oxygens (including phenoxy) is 2. The maximum atomic E-state index is 12.9. The lowest BCUT2D eigenvalue weighted by Crippen LogP contribution is -2.37. The van der Waals surface area contributed by atoms with Crippen LogP contribution in [0.5, 0.6) is 11.5 Å². The molecule has 1 unspecified atom stereocenters. The molecule has 6 nitrogen and oxygen atoms in total. The van der Waals surface area contributed by atoms with Crippen LogP contribution in [-0.2, 0) is 24.2 Å². The molecular formula is C24H28N2O4S. The van der Waals surface area contributed by atoms with E-state index in [-0.39, 0.29) is 24.5 Å². The maximum Gasteiger partial charge on any atom is 0.263 e. The van der Waals surface area contributed by atoms with E-state index in [1.807, 2.05) is 29.2 Å². The van der Waals surface area contributed by atoms with Crippen LogP contribution in [0.2, 0.25) is 0 Å². The van der Waals surface area contributed by atoms with E-state index < -0.39 is 0 Å². The van der Waals surface area contributed by atoms with Gasteiger partial charge in [-0.15, -0.1) is 11.3 Å². The second kappa shape index (κ2) is 8.54. The molecule has 1 saturated heterocycles. The number of benzene rings is 1. The van der Waals surface area contributed by atoms with Gasteiger partial charge in [0.25, 0.3) is 5.91 Å². The predicted molar refractivity (Wildman–Crippen MR) is 119 cm³/mol. The van der Waals surface area contributed by atoms with E-state index in [2.05, 4.69) is 12.2 Å².